The third-order valence-corrected chi connectivity index (χ3v) is 4.57. The summed E-state index contributed by atoms with van der Waals surface area (Å²) in [4.78, 5) is 14.7. The Morgan fingerprint density at radius 2 is 2.04 bits per heavy atom. The first kappa shape index (κ1) is 18.5. The van der Waals surface area contributed by atoms with Crippen LogP contribution in [0.4, 0.5) is 0 Å². The lowest BCUT2D eigenvalue weighted by molar-refractivity contribution is -0.127. The number of amides is 1. The Kier molecular flexibility index (Phi) is 6.07. The van der Waals surface area contributed by atoms with E-state index in [1.165, 1.54) is 0 Å². The molecule has 0 fully saturated rings. The van der Waals surface area contributed by atoms with Gasteiger partial charge in [-0.05, 0) is 50.7 Å². The van der Waals surface area contributed by atoms with Gasteiger partial charge >= 0.3 is 0 Å². The SMILES string of the molecule is CCN(CC)C(=O)C1=C(C)NC(=S)N[C@@H]1c1ccc(OC)c(Cl)c1. The molecular formula is C17H22ClN3O2S. The zero-order chi connectivity index (χ0) is 17.9. The van der Waals surface area contributed by atoms with Crippen LogP contribution < -0.4 is 15.4 Å². The number of carbonyl (C=O) groups excluding carboxylic acids is 1. The molecule has 5 nitrogen and oxygen atoms in total. The maximum atomic E-state index is 13.0. The predicted molar refractivity (Wildman–Crippen MR) is 100 cm³/mol. The molecular weight excluding hydrogens is 346 g/mol. The maximum absolute atomic E-state index is 13.0. The Morgan fingerprint density at radius 3 is 2.58 bits per heavy atom. The second-order valence-electron chi connectivity index (χ2n) is 5.44. The van der Waals surface area contributed by atoms with E-state index in [0.29, 0.717) is 34.5 Å². The minimum absolute atomic E-state index is 0.0167. The van der Waals surface area contributed by atoms with Gasteiger partial charge in [0, 0.05) is 18.8 Å². The number of halogens is 1. The van der Waals surface area contributed by atoms with E-state index in [4.69, 9.17) is 28.6 Å². The van der Waals surface area contributed by atoms with Crippen LogP contribution in [0.1, 0.15) is 32.4 Å². The van der Waals surface area contributed by atoms with Gasteiger partial charge < -0.3 is 20.3 Å². The van der Waals surface area contributed by atoms with Gasteiger partial charge in [0.2, 0.25) is 0 Å². The average molecular weight is 368 g/mol. The van der Waals surface area contributed by atoms with Crippen LogP contribution in [-0.2, 0) is 4.79 Å². The van der Waals surface area contributed by atoms with Crippen molar-refractivity contribution in [3.63, 3.8) is 0 Å². The summed E-state index contributed by atoms with van der Waals surface area (Å²) in [6.07, 6.45) is 0. The molecule has 0 saturated heterocycles. The standard InChI is InChI=1S/C17H22ClN3O2S/c1-5-21(6-2)16(22)14-10(3)19-17(24)20-15(14)11-7-8-13(23-4)12(18)9-11/h7-9,15H,5-6H2,1-4H3,(H2,19,20,24)/t15-/m1/s1. The number of thiocarbonyl (C=S) groups is 1. The molecule has 1 amide bonds. The summed E-state index contributed by atoms with van der Waals surface area (Å²) >= 11 is 11.5. The Morgan fingerprint density at radius 1 is 1.38 bits per heavy atom. The number of ether oxygens (including phenoxy) is 1. The van der Waals surface area contributed by atoms with E-state index >= 15 is 0 Å². The summed E-state index contributed by atoms with van der Waals surface area (Å²) in [6, 6.07) is 5.13. The largest absolute Gasteiger partial charge is 0.495 e. The fourth-order valence-corrected chi connectivity index (χ4v) is 3.31. The number of allylic oxidation sites excluding steroid dienone is 1. The van der Waals surface area contributed by atoms with Crippen molar-refractivity contribution in [1.29, 1.82) is 0 Å². The fraction of sp³-hybridized carbons (Fsp3) is 0.412. The van der Waals surface area contributed by atoms with Gasteiger partial charge in [-0.2, -0.15) is 0 Å². The number of benzene rings is 1. The van der Waals surface area contributed by atoms with Gasteiger partial charge in [0.05, 0.1) is 23.7 Å². The van der Waals surface area contributed by atoms with Gasteiger partial charge in [-0.15, -0.1) is 0 Å². The van der Waals surface area contributed by atoms with Gasteiger partial charge in [0.25, 0.3) is 5.91 Å². The molecule has 2 N–H and O–H groups in total. The molecule has 0 radical (unpaired) electrons. The monoisotopic (exact) mass is 367 g/mol. The number of nitrogens with one attached hydrogen (secondary N) is 2. The average Bonchev–Trinajstić information content (AvgIpc) is 2.55. The smallest absolute Gasteiger partial charge is 0.253 e. The highest BCUT2D eigenvalue weighted by atomic mass is 35.5. The molecule has 1 heterocycles. The number of methoxy groups -OCH3 is 1. The molecule has 130 valence electrons. The highest BCUT2D eigenvalue weighted by Crippen LogP contribution is 2.33. The lowest BCUT2D eigenvalue weighted by atomic mass is 9.94. The van der Waals surface area contributed by atoms with Gasteiger partial charge in [0.1, 0.15) is 5.75 Å². The fourth-order valence-electron chi connectivity index (χ4n) is 2.77. The van der Waals surface area contributed by atoms with Crippen LogP contribution in [0.2, 0.25) is 5.02 Å². The van der Waals surface area contributed by atoms with Crippen LogP contribution in [0.25, 0.3) is 0 Å². The van der Waals surface area contributed by atoms with Gasteiger partial charge in [0.15, 0.2) is 5.11 Å². The third-order valence-electron chi connectivity index (χ3n) is 4.06. The molecule has 7 heteroatoms. The Balaban J connectivity index is 2.48. The first-order chi connectivity index (χ1) is 11.4. The first-order valence-corrected chi connectivity index (χ1v) is 8.62. The predicted octanol–water partition coefficient (Wildman–Crippen LogP) is 3.01. The van der Waals surface area contributed by atoms with Crippen molar-refractivity contribution in [2.75, 3.05) is 20.2 Å². The van der Waals surface area contributed by atoms with Crippen LogP contribution in [0.15, 0.2) is 29.5 Å². The van der Waals surface area contributed by atoms with Gasteiger partial charge in [-0.3, -0.25) is 4.79 Å². The Bertz CT molecular complexity index is 686. The van der Waals surface area contributed by atoms with Crippen LogP contribution >= 0.6 is 23.8 Å². The van der Waals surface area contributed by atoms with Crippen LogP contribution in [0, 0.1) is 0 Å². The molecule has 0 aliphatic carbocycles. The highest BCUT2D eigenvalue weighted by Gasteiger charge is 2.32. The molecule has 0 spiro atoms. The summed E-state index contributed by atoms with van der Waals surface area (Å²) in [6.45, 7) is 7.08. The molecule has 0 aromatic heterocycles. The third kappa shape index (κ3) is 3.65. The maximum Gasteiger partial charge on any atom is 0.253 e. The first-order valence-electron chi connectivity index (χ1n) is 7.83. The van der Waals surface area contributed by atoms with Crippen LogP contribution in [0.3, 0.4) is 0 Å². The zero-order valence-electron chi connectivity index (χ0n) is 14.3. The van der Waals surface area contributed by atoms with E-state index < -0.39 is 0 Å². The zero-order valence-corrected chi connectivity index (χ0v) is 15.8. The summed E-state index contributed by atoms with van der Waals surface area (Å²) in [5.41, 5.74) is 2.26. The number of nitrogens with zero attached hydrogens (tertiary/aromatic N) is 1. The molecule has 1 aliphatic rings. The lowest BCUT2D eigenvalue weighted by Gasteiger charge is -2.33. The molecule has 1 atom stereocenters. The summed E-state index contributed by atoms with van der Waals surface area (Å²) in [7, 11) is 1.57. The molecule has 1 aromatic rings. The van der Waals surface area contributed by atoms with Crippen molar-refractivity contribution in [1.82, 2.24) is 15.5 Å². The summed E-state index contributed by atoms with van der Waals surface area (Å²) < 4.78 is 5.20. The number of hydrogen-bond donors (Lipinski definition) is 2. The molecule has 0 unspecified atom stereocenters. The number of likely N-dealkylation sites (N-methyl/N-ethyl adjacent to an activating group) is 1. The molecule has 0 bridgehead atoms. The minimum Gasteiger partial charge on any atom is -0.495 e. The van der Waals surface area contributed by atoms with Crippen molar-refractivity contribution in [3.8, 4) is 5.75 Å². The van der Waals surface area contributed by atoms with Crippen molar-refractivity contribution >= 4 is 34.8 Å². The van der Waals surface area contributed by atoms with E-state index in [1.54, 1.807) is 24.1 Å². The number of rotatable bonds is 5. The molecule has 0 saturated carbocycles. The van der Waals surface area contributed by atoms with Crippen molar-refractivity contribution in [3.05, 3.63) is 40.1 Å². The van der Waals surface area contributed by atoms with Gasteiger partial charge in [-0.25, -0.2) is 0 Å². The highest BCUT2D eigenvalue weighted by molar-refractivity contribution is 7.80. The second kappa shape index (κ2) is 7.85. The molecule has 24 heavy (non-hydrogen) atoms. The number of hydrogen-bond acceptors (Lipinski definition) is 3. The van der Waals surface area contributed by atoms with Crippen molar-refractivity contribution in [2.24, 2.45) is 0 Å². The Labute approximate surface area is 153 Å². The van der Waals surface area contributed by atoms with E-state index in [-0.39, 0.29) is 11.9 Å². The topological polar surface area (TPSA) is 53.6 Å². The quantitative estimate of drug-likeness (QED) is 0.783. The molecule has 2 rings (SSSR count). The van der Waals surface area contributed by atoms with Crippen LogP contribution in [0.5, 0.6) is 5.75 Å². The molecule has 1 aliphatic heterocycles. The van der Waals surface area contributed by atoms with Crippen molar-refractivity contribution in [2.45, 2.75) is 26.8 Å². The van der Waals surface area contributed by atoms with Crippen LogP contribution in [-0.4, -0.2) is 36.1 Å². The van der Waals surface area contributed by atoms with E-state index in [2.05, 4.69) is 10.6 Å². The lowest BCUT2D eigenvalue weighted by Crippen LogP contribution is -2.47. The van der Waals surface area contributed by atoms with Crippen molar-refractivity contribution < 1.29 is 9.53 Å². The second-order valence-corrected chi connectivity index (χ2v) is 6.26. The van der Waals surface area contributed by atoms with E-state index in [0.717, 1.165) is 11.3 Å². The van der Waals surface area contributed by atoms with Gasteiger partial charge in [-0.1, -0.05) is 17.7 Å². The Hall–Kier alpha value is -1.79. The molecule has 1 aromatic carbocycles. The summed E-state index contributed by atoms with van der Waals surface area (Å²) in [5.74, 6) is 0.575. The summed E-state index contributed by atoms with van der Waals surface area (Å²) in [5, 5.41) is 7.20. The minimum atomic E-state index is -0.352. The van der Waals surface area contributed by atoms with E-state index in [9.17, 15) is 4.79 Å². The van der Waals surface area contributed by atoms with E-state index in [1.807, 2.05) is 26.8 Å². The normalized spacial score (nSPS) is 17.2. The number of carbonyl (C=O) groups is 1.